The molecule has 0 bridgehead atoms. The Morgan fingerprint density at radius 2 is 2.05 bits per heavy atom. The molecule has 0 saturated carbocycles. The van der Waals surface area contributed by atoms with Gasteiger partial charge in [0, 0.05) is 36.9 Å². The lowest BCUT2D eigenvalue weighted by atomic mass is 10.0. The minimum absolute atomic E-state index is 0.123. The standard InChI is InChI=1S/C17H22FN3O/c1-12(2)21-10-13(8-19-21)9-20-11-16(22)7-17(20)14-3-5-15(18)6-4-14/h3-6,8,10,12,16-17,22H,7,9,11H2,1-2H3/t16-,17+/m0/s1. The molecule has 3 rings (SSSR count). The Morgan fingerprint density at radius 1 is 1.32 bits per heavy atom. The monoisotopic (exact) mass is 303 g/mol. The summed E-state index contributed by atoms with van der Waals surface area (Å²) in [6.07, 6.45) is 4.28. The fourth-order valence-electron chi connectivity index (χ4n) is 3.06. The van der Waals surface area contributed by atoms with E-state index in [0.717, 1.165) is 17.7 Å². The Balaban J connectivity index is 1.76. The minimum atomic E-state index is -0.338. The van der Waals surface area contributed by atoms with E-state index >= 15 is 0 Å². The quantitative estimate of drug-likeness (QED) is 0.944. The van der Waals surface area contributed by atoms with Crippen molar-refractivity contribution in [3.63, 3.8) is 0 Å². The summed E-state index contributed by atoms with van der Waals surface area (Å²) in [4.78, 5) is 2.24. The number of hydrogen-bond donors (Lipinski definition) is 1. The van der Waals surface area contributed by atoms with Gasteiger partial charge in [0.1, 0.15) is 5.82 Å². The highest BCUT2D eigenvalue weighted by Crippen LogP contribution is 2.33. The number of halogens is 1. The zero-order chi connectivity index (χ0) is 15.7. The van der Waals surface area contributed by atoms with Crippen molar-refractivity contribution < 1.29 is 9.50 Å². The lowest BCUT2D eigenvalue weighted by Crippen LogP contribution is -2.24. The number of aliphatic hydroxyl groups is 1. The van der Waals surface area contributed by atoms with Crippen molar-refractivity contribution in [2.24, 2.45) is 0 Å². The topological polar surface area (TPSA) is 41.3 Å². The average molecular weight is 303 g/mol. The zero-order valence-corrected chi connectivity index (χ0v) is 13.0. The fraction of sp³-hybridized carbons (Fsp3) is 0.471. The van der Waals surface area contributed by atoms with Crippen LogP contribution in [-0.4, -0.2) is 32.4 Å². The van der Waals surface area contributed by atoms with Crippen molar-refractivity contribution >= 4 is 0 Å². The molecule has 118 valence electrons. The predicted octanol–water partition coefficient (Wildman–Crippen LogP) is 2.91. The van der Waals surface area contributed by atoms with Gasteiger partial charge >= 0.3 is 0 Å². The van der Waals surface area contributed by atoms with Gasteiger partial charge in [-0.05, 0) is 38.0 Å². The van der Waals surface area contributed by atoms with Crippen LogP contribution in [0, 0.1) is 5.82 Å². The molecule has 1 aromatic heterocycles. The van der Waals surface area contributed by atoms with Crippen molar-refractivity contribution in [2.75, 3.05) is 6.54 Å². The lowest BCUT2D eigenvalue weighted by Gasteiger charge is -2.23. The summed E-state index contributed by atoms with van der Waals surface area (Å²) in [5, 5.41) is 14.4. The smallest absolute Gasteiger partial charge is 0.123 e. The van der Waals surface area contributed by atoms with Crippen LogP contribution in [-0.2, 0) is 6.54 Å². The van der Waals surface area contributed by atoms with Gasteiger partial charge in [0.25, 0.3) is 0 Å². The van der Waals surface area contributed by atoms with Crippen LogP contribution >= 0.6 is 0 Å². The average Bonchev–Trinajstić information content (AvgIpc) is 3.07. The summed E-state index contributed by atoms with van der Waals surface area (Å²) in [5.41, 5.74) is 2.18. The molecule has 2 aromatic rings. The summed E-state index contributed by atoms with van der Waals surface area (Å²) in [5.74, 6) is -0.230. The molecule has 2 heterocycles. The van der Waals surface area contributed by atoms with Crippen LogP contribution in [0.2, 0.25) is 0 Å². The first kappa shape index (κ1) is 15.2. The van der Waals surface area contributed by atoms with Gasteiger partial charge in [0.05, 0.1) is 12.3 Å². The van der Waals surface area contributed by atoms with E-state index in [1.54, 1.807) is 0 Å². The number of likely N-dealkylation sites (tertiary alicyclic amines) is 1. The van der Waals surface area contributed by atoms with Crippen LogP contribution in [0.25, 0.3) is 0 Å². The van der Waals surface area contributed by atoms with Gasteiger partial charge in [-0.1, -0.05) is 12.1 Å². The molecule has 0 spiro atoms. The van der Waals surface area contributed by atoms with E-state index in [1.807, 2.05) is 23.0 Å². The van der Waals surface area contributed by atoms with Crippen LogP contribution < -0.4 is 0 Å². The van der Waals surface area contributed by atoms with Gasteiger partial charge in [-0.25, -0.2) is 4.39 Å². The van der Waals surface area contributed by atoms with Crippen molar-refractivity contribution in [1.29, 1.82) is 0 Å². The van der Waals surface area contributed by atoms with Gasteiger partial charge < -0.3 is 5.11 Å². The second-order valence-corrected chi connectivity index (χ2v) is 6.31. The van der Waals surface area contributed by atoms with Crippen LogP contribution in [0.5, 0.6) is 0 Å². The summed E-state index contributed by atoms with van der Waals surface area (Å²) in [7, 11) is 0. The van der Waals surface area contributed by atoms with E-state index in [9.17, 15) is 9.50 Å². The minimum Gasteiger partial charge on any atom is -0.392 e. The Bertz CT molecular complexity index is 623. The van der Waals surface area contributed by atoms with E-state index < -0.39 is 0 Å². The van der Waals surface area contributed by atoms with Crippen molar-refractivity contribution in [1.82, 2.24) is 14.7 Å². The second-order valence-electron chi connectivity index (χ2n) is 6.31. The molecule has 5 heteroatoms. The molecule has 0 radical (unpaired) electrons. The molecule has 1 aliphatic heterocycles. The molecule has 0 unspecified atom stereocenters. The van der Waals surface area contributed by atoms with Gasteiger partial charge in [-0.3, -0.25) is 9.58 Å². The SMILES string of the molecule is CC(C)n1cc(CN2C[C@@H](O)C[C@@H]2c2ccc(F)cc2)cn1. The lowest BCUT2D eigenvalue weighted by molar-refractivity contribution is 0.172. The molecular weight excluding hydrogens is 281 g/mol. The van der Waals surface area contributed by atoms with Gasteiger partial charge in [-0.2, -0.15) is 5.10 Å². The predicted molar refractivity (Wildman–Crippen MR) is 82.8 cm³/mol. The first-order valence-electron chi connectivity index (χ1n) is 7.73. The molecule has 1 saturated heterocycles. The Morgan fingerprint density at radius 3 is 2.68 bits per heavy atom. The molecule has 2 atom stereocenters. The number of nitrogens with zero attached hydrogens (tertiary/aromatic N) is 3. The summed E-state index contributed by atoms with van der Waals surface area (Å²) >= 11 is 0. The van der Waals surface area contributed by atoms with Crippen LogP contribution in [0.1, 0.15) is 43.5 Å². The first-order valence-corrected chi connectivity index (χ1v) is 7.73. The highest BCUT2D eigenvalue weighted by molar-refractivity contribution is 5.22. The number of rotatable bonds is 4. The zero-order valence-electron chi connectivity index (χ0n) is 13.0. The number of β-amino-alcohol motifs (C(OH)–C–C–N with tert-alkyl or cyclic N) is 1. The van der Waals surface area contributed by atoms with E-state index in [2.05, 4.69) is 30.0 Å². The van der Waals surface area contributed by atoms with Crippen LogP contribution in [0.4, 0.5) is 4.39 Å². The maximum absolute atomic E-state index is 13.1. The van der Waals surface area contributed by atoms with Gasteiger partial charge in [0.2, 0.25) is 0 Å². The Labute approximate surface area is 130 Å². The van der Waals surface area contributed by atoms with Gasteiger partial charge in [0.15, 0.2) is 0 Å². The van der Waals surface area contributed by atoms with E-state index in [1.165, 1.54) is 12.1 Å². The molecule has 0 amide bonds. The van der Waals surface area contributed by atoms with E-state index in [-0.39, 0.29) is 18.0 Å². The number of benzene rings is 1. The summed E-state index contributed by atoms with van der Waals surface area (Å²) in [6.45, 7) is 5.57. The third-order valence-electron chi connectivity index (χ3n) is 4.21. The maximum Gasteiger partial charge on any atom is 0.123 e. The normalized spacial score (nSPS) is 22.6. The molecule has 1 aliphatic rings. The first-order chi connectivity index (χ1) is 10.5. The van der Waals surface area contributed by atoms with Crippen LogP contribution in [0.15, 0.2) is 36.7 Å². The largest absolute Gasteiger partial charge is 0.392 e. The number of aliphatic hydroxyl groups excluding tert-OH is 1. The third-order valence-corrected chi connectivity index (χ3v) is 4.21. The third kappa shape index (κ3) is 3.20. The summed E-state index contributed by atoms with van der Waals surface area (Å²) in [6, 6.07) is 7.04. The summed E-state index contributed by atoms with van der Waals surface area (Å²) < 4.78 is 15.0. The highest BCUT2D eigenvalue weighted by atomic mass is 19.1. The van der Waals surface area contributed by atoms with Gasteiger partial charge in [-0.15, -0.1) is 0 Å². The molecule has 1 N–H and O–H groups in total. The highest BCUT2D eigenvalue weighted by Gasteiger charge is 2.32. The molecule has 4 nitrogen and oxygen atoms in total. The number of hydrogen-bond acceptors (Lipinski definition) is 3. The van der Waals surface area contributed by atoms with E-state index in [0.29, 0.717) is 19.0 Å². The van der Waals surface area contributed by atoms with Crippen LogP contribution in [0.3, 0.4) is 0 Å². The second kappa shape index (κ2) is 6.18. The molecular formula is C17H22FN3O. The Hall–Kier alpha value is -1.72. The van der Waals surface area contributed by atoms with Crippen molar-refractivity contribution in [2.45, 2.75) is 45.0 Å². The number of aromatic nitrogens is 2. The molecule has 22 heavy (non-hydrogen) atoms. The maximum atomic E-state index is 13.1. The Kier molecular flexibility index (Phi) is 4.27. The fourth-order valence-corrected chi connectivity index (χ4v) is 3.06. The van der Waals surface area contributed by atoms with E-state index in [4.69, 9.17) is 0 Å². The van der Waals surface area contributed by atoms with Crippen molar-refractivity contribution in [3.05, 3.63) is 53.6 Å². The molecule has 1 fully saturated rings. The van der Waals surface area contributed by atoms with Crippen molar-refractivity contribution in [3.8, 4) is 0 Å². The molecule has 0 aliphatic carbocycles. The molecule has 1 aromatic carbocycles.